The third-order valence-electron chi connectivity index (χ3n) is 10.7. The van der Waals surface area contributed by atoms with Gasteiger partial charge < -0.3 is 14.1 Å². The number of para-hydroxylation sites is 2. The Balaban J connectivity index is 1.26. The number of hydrogen-bond donors (Lipinski definition) is 1. The lowest BCUT2D eigenvalue weighted by molar-refractivity contribution is 0.474. The second-order valence-corrected chi connectivity index (χ2v) is 13.9. The summed E-state index contributed by atoms with van der Waals surface area (Å²) in [5.41, 5.74) is 13.0. The van der Waals surface area contributed by atoms with Crippen molar-refractivity contribution in [1.82, 2.24) is 14.5 Å². The van der Waals surface area contributed by atoms with Crippen LogP contribution in [0.5, 0.6) is 5.75 Å². The highest BCUT2D eigenvalue weighted by Gasteiger charge is 2.25. The Morgan fingerprint density at radius 3 is 2.33 bits per heavy atom. The number of fused-ring (bicyclic) bond motifs is 5. The molecular weight excluding hydrogens is 603 g/mol. The second kappa shape index (κ2) is 11.2. The van der Waals surface area contributed by atoms with E-state index in [1.807, 2.05) is 31.4 Å². The Hall–Kier alpha value is -5.68. The molecule has 8 aromatic rings. The molecule has 9 rings (SSSR count). The molecule has 1 N–H and O–H groups in total. The predicted octanol–water partition coefficient (Wildman–Crippen LogP) is 10.8. The van der Waals surface area contributed by atoms with Crippen molar-refractivity contribution >= 4 is 33.0 Å². The minimum absolute atomic E-state index is 0.202. The van der Waals surface area contributed by atoms with Gasteiger partial charge in [0.1, 0.15) is 22.7 Å². The zero-order valence-electron chi connectivity index (χ0n) is 28.0. The molecule has 3 heterocycles. The zero-order valence-corrected chi connectivity index (χ0v) is 28.0. The van der Waals surface area contributed by atoms with Gasteiger partial charge in [-0.2, -0.15) is 0 Å². The maximum Gasteiger partial charge on any atom is 0.144 e. The van der Waals surface area contributed by atoms with Gasteiger partial charge in [0.25, 0.3) is 0 Å². The highest BCUT2D eigenvalue weighted by Crippen LogP contribution is 2.43. The molecule has 0 aliphatic heterocycles. The standard InChI is InChI=1S/C44H37N3O2/c1-44(2,30-14-5-4-6-15-30)31-20-21-45-37(26-31)29-23-34-32-16-9-10-19-40(32)49-42(34)35(24-29)33-17-11-18-38-41(33)46-43(47(38)3)36-22-27-12-7-8-13-28(27)25-39(36)48/h4-6,9-11,14-26,48H,7-8,12-13H2,1-3H3. The van der Waals surface area contributed by atoms with Crippen molar-refractivity contribution in [3.63, 3.8) is 0 Å². The topological polar surface area (TPSA) is 64.1 Å². The summed E-state index contributed by atoms with van der Waals surface area (Å²) < 4.78 is 8.72. The van der Waals surface area contributed by atoms with Crippen LogP contribution < -0.4 is 0 Å². The van der Waals surface area contributed by atoms with E-state index in [1.54, 1.807) is 0 Å². The Bertz CT molecular complexity index is 2560. The monoisotopic (exact) mass is 639 g/mol. The molecule has 0 atom stereocenters. The number of hydrogen-bond acceptors (Lipinski definition) is 4. The molecule has 0 saturated carbocycles. The van der Waals surface area contributed by atoms with Crippen LogP contribution in [0.4, 0.5) is 0 Å². The first kappa shape index (κ1) is 29.5. The van der Waals surface area contributed by atoms with E-state index in [0.29, 0.717) is 0 Å². The largest absolute Gasteiger partial charge is 0.507 e. The lowest BCUT2D eigenvalue weighted by Crippen LogP contribution is -2.18. The SMILES string of the molecule is Cn1c(-c2cc3c(cc2O)CCCC3)nc2c(-c3cc(-c4cc(C(C)(C)c5ccccc5)ccn4)cc4c3oc3ccccc34)cccc21. The molecule has 240 valence electrons. The van der Waals surface area contributed by atoms with Crippen LogP contribution in [0.3, 0.4) is 0 Å². The molecule has 0 unspecified atom stereocenters. The first-order chi connectivity index (χ1) is 23.9. The van der Waals surface area contributed by atoms with Crippen molar-refractivity contribution in [2.45, 2.75) is 44.9 Å². The van der Waals surface area contributed by atoms with E-state index in [2.05, 4.69) is 109 Å². The van der Waals surface area contributed by atoms with Crippen molar-refractivity contribution in [3.05, 3.63) is 138 Å². The molecule has 0 amide bonds. The number of rotatable bonds is 5. The zero-order chi connectivity index (χ0) is 33.3. The summed E-state index contributed by atoms with van der Waals surface area (Å²) in [7, 11) is 2.03. The number of phenolic OH excluding ortho intramolecular Hbond substituents is 1. The van der Waals surface area contributed by atoms with Crippen LogP contribution in [0.1, 0.15) is 48.9 Å². The van der Waals surface area contributed by atoms with Crippen molar-refractivity contribution in [1.29, 1.82) is 0 Å². The van der Waals surface area contributed by atoms with E-state index >= 15 is 0 Å². The average molecular weight is 640 g/mol. The highest BCUT2D eigenvalue weighted by molar-refractivity contribution is 6.13. The summed E-state index contributed by atoms with van der Waals surface area (Å²) in [6, 6.07) is 38.0. The van der Waals surface area contributed by atoms with Crippen LogP contribution in [0.2, 0.25) is 0 Å². The molecule has 3 aromatic heterocycles. The summed E-state index contributed by atoms with van der Waals surface area (Å²) in [5, 5.41) is 13.3. The van der Waals surface area contributed by atoms with Gasteiger partial charge in [0.2, 0.25) is 0 Å². The van der Waals surface area contributed by atoms with Crippen LogP contribution in [-0.4, -0.2) is 19.6 Å². The number of furan rings is 1. The quantitative estimate of drug-likeness (QED) is 0.204. The lowest BCUT2D eigenvalue weighted by Gasteiger charge is -2.26. The van der Waals surface area contributed by atoms with E-state index in [0.717, 1.165) is 79.6 Å². The fraction of sp³-hybridized carbons (Fsp3) is 0.182. The summed E-state index contributed by atoms with van der Waals surface area (Å²) in [5.74, 6) is 1.04. The maximum atomic E-state index is 11.2. The first-order valence-electron chi connectivity index (χ1n) is 17.2. The third-order valence-corrected chi connectivity index (χ3v) is 10.7. The van der Waals surface area contributed by atoms with E-state index in [1.165, 1.54) is 35.1 Å². The molecule has 0 fully saturated rings. The smallest absolute Gasteiger partial charge is 0.144 e. The number of benzene rings is 5. The molecule has 5 heteroatoms. The summed E-state index contributed by atoms with van der Waals surface area (Å²) in [6.07, 6.45) is 6.31. The van der Waals surface area contributed by atoms with E-state index in [-0.39, 0.29) is 11.2 Å². The Kier molecular flexibility index (Phi) is 6.73. The minimum Gasteiger partial charge on any atom is -0.507 e. The van der Waals surface area contributed by atoms with E-state index in [9.17, 15) is 5.11 Å². The van der Waals surface area contributed by atoms with E-state index < -0.39 is 0 Å². The third kappa shape index (κ3) is 4.75. The average Bonchev–Trinajstić information content (AvgIpc) is 3.69. The molecule has 0 saturated heterocycles. The van der Waals surface area contributed by atoms with Crippen LogP contribution in [0.25, 0.3) is 66.7 Å². The maximum absolute atomic E-state index is 11.2. The number of pyridine rings is 1. The first-order valence-corrected chi connectivity index (χ1v) is 17.2. The van der Waals surface area contributed by atoms with Crippen LogP contribution in [0.15, 0.2) is 120 Å². The van der Waals surface area contributed by atoms with Gasteiger partial charge in [-0.3, -0.25) is 4.98 Å². The van der Waals surface area contributed by atoms with Crippen LogP contribution >= 0.6 is 0 Å². The molecule has 1 aliphatic carbocycles. The van der Waals surface area contributed by atoms with Crippen molar-refractivity contribution < 1.29 is 9.52 Å². The fourth-order valence-electron chi connectivity index (χ4n) is 7.80. The predicted molar refractivity (Wildman–Crippen MR) is 199 cm³/mol. The summed E-state index contributed by atoms with van der Waals surface area (Å²) in [6.45, 7) is 4.53. The Morgan fingerprint density at radius 1 is 0.714 bits per heavy atom. The van der Waals surface area contributed by atoms with Gasteiger partial charge in [-0.1, -0.05) is 74.5 Å². The van der Waals surface area contributed by atoms with Gasteiger partial charge in [-0.25, -0.2) is 4.98 Å². The highest BCUT2D eigenvalue weighted by atomic mass is 16.3. The minimum atomic E-state index is -0.202. The number of nitrogens with zero attached hydrogens (tertiary/aromatic N) is 3. The number of aryl methyl sites for hydroxylation is 3. The van der Waals surface area contributed by atoms with Crippen LogP contribution in [0, 0.1) is 0 Å². The number of aromatic hydroxyl groups is 1. The number of phenols is 1. The van der Waals surface area contributed by atoms with Crippen molar-refractivity contribution in [2.75, 3.05) is 0 Å². The summed E-state index contributed by atoms with van der Waals surface area (Å²) >= 11 is 0. The number of imidazole rings is 1. The van der Waals surface area contributed by atoms with Crippen molar-refractivity contribution in [2.24, 2.45) is 7.05 Å². The normalized spacial score (nSPS) is 13.4. The van der Waals surface area contributed by atoms with Crippen LogP contribution in [-0.2, 0) is 25.3 Å². The summed E-state index contributed by atoms with van der Waals surface area (Å²) in [4.78, 5) is 10.2. The molecule has 5 aromatic carbocycles. The van der Waals surface area contributed by atoms with Gasteiger partial charge in [0.15, 0.2) is 0 Å². The lowest BCUT2D eigenvalue weighted by atomic mass is 9.78. The van der Waals surface area contributed by atoms with Gasteiger partial charge in [-0.05, 0) is 96.5 Å². The Labute approximate surface area is 285 Å². The molecular formula is C44H37N3O2. The molecule has 0 radical (unpaired) electrons. The second-order valence-electron chi connectivity index (χ2n) is 13.9. The molecule has 1 aliphatic rings. The fourth-order valence-corrected chi connectivity index (χ4v) is 7.80. The van der Waals surface area contributed by atoms with Gasteiger partial charge in [0.05, 0.1) is 22.3 Å². The molecule has 49 heavy (non-hydrogen) atoms. The molecule has 0 bridgehead atoms. The van der Waals surface area contributed by atoms with E-state index in [4.69, 9.17) is 14.4 Å². The molecule has 0 spiro atoms. The van der Waals surface area contributed by atoms with Gasteiger partial charge >= 0.3 is 0 Å². The Morgan fingerprint density at radius 2 is 1.49 bits per heavy atom. The van der Waals surface area contributed by atoms with Gasteiger partial charge in [-0.15, -0.1) is 0 Å². The van der Waals surface area contributed by atoms with Crippen molar-refractivity contribution in [3.8, 4) is 39.5 Å². The van der Waals surface area contributed by atoms with Gasteiger partial charge in [0, 0.05) is 46.1 Å². The molecule has 5 nitrogen and oxygen atoms in total. The number of aromatic nitrogens is 3.